The molecule has 0 fully saturated rings. The molecule has 0 aromatic heterocycles. The smallest absolute Gasteiger partial charge is 0.188 e. The summed E-state index contributed by atoms with van der Waals surface area (Å²) < 4.78 is 82.3. The minimum atomic E-state index is -6.27. The summed E-state index contributed by atoms with van der Waals surface area (Å²) in [6, 6.07) is 0. The first-order valence-electron chi connectivity index (χ1n) is 2.67. The predicted octanol–water partition coefficient (Wildman–Crippen LogP) is 3.65. The van der Waals surface area contributed by atoms with Crippen molar-refractivity contribution in [1.29, 1.82) is 0 Å². The van der Waals surface area contributed by atoms with Crippen LogP contribution in [0.15, 0.2) is 12.0 Å². The zero-order chi connectivity index (χ0) is 10.9. The van der Waals surface area contributed by atoms with Crippen molar-refractivity contribution in [2.45, 2.75) is 17.4 Å². The highest BCUT2D eigenvalue weighted by molar-refractivity contribution is 8.03. The van der Waals surface area contributed by atoms with Crippen molar-refractivity contribution in [3.63, 3.8) is 0 Å². The van der Waals surface area contributed by atoms with Gasteiger partial charge >= 0.3 is 17.4 Å². The molecule has 0 aliphatic rings. The molecule has 0 radical (unpaired) electrons. The second kappa shape index (κ2) is 3.39. The van der Waals surface area contributed by atoms with Gasteiger partial charge in [0.2, 0.25) is 0 Å². The van der Waals surface area contributed by atoms with Crippen LogP contribution in [-0.2, 0) is 0 Å². The van der Waals surface area contributed by atoms with Crippen LogP contribution in [0, 0.1) is 0 Å². The summed E-state index contributed by atoms with van der Waals surface area (Å²) in [6.07, 6.45) is -6.27. The van der Waals surface area contributed by atoms with Crippen LogP contribution in [0.3, 0.4) is 0 Å². The zero-order valence-electron chi connectivity index (χ0n) is 5.84. The molecule has 0 spiro atoms. The molecule has 0 saturated heterocycles. The molecular formula is C5H3F7S. The van der Waals surface area contributed by atoms with Gasteiger partial charge in [-0.05, 0) is 5.41 Å². The summed E-state index contributed by atoms with van der Waals surface area (Å²) in [5, 5.41) is -5.01. The van der Waals surface area contributed by atoms with Crippen LogP contribution in [0.4, 0.5) is 30.7 Å². The number of hydrogen-bond donors (Lipinski definition) is 0. The lowest BCUT2D eigenvalue weighted by Gasteiger charge is -2.26. The lowest BCUT2D eigenvalue weighted by atomic mass is 10.3. The number of halogens is 7. The first-order valence-corrected chi connectivity index (χ1v) is 3.55. The molecule has 0 saturated carbocycles. The van der Waals surface area contributed by atoms with Crippen molar-refractivity contribution < 1.29 is 30.7 Å². The third kappa shape index (κ3) is 2.29. The standard InChI is InChI=1S/C5H3F7S/c1-2-13-5(11,12)3(6,7)4(8,9)10/h2H,1H2. The third-order valence-electron chi connectivity index (χ3n) is 0.953. The fraction of sp³-hybridized carbons (Fsp3) is 0.600. The molecule has 0 aromatic carbocycles. The number of alkyl halides is 7. The number of hydrogen-bond acceptors (Lipinski definition) is 1. The molecule has 13 heavy (non-hydrogen) atoms. The second-order valence-electron chi connectivity index (χ2n) is 1.87. The second-order valence-corrected chi connectivity index (χ2v) is 2.96. The molecule has 0 N–H and O–H groups in total. The summed E-state index contributed by atoms with van der Waals surface area (Å²) in [5.41, 5.74) is 0. The Bertz CT molecular complexity index is 194. The van der Waals surface area contributed by atoms with Gasteiger partial charge in [-0.1, -0.05) is 18.3 Å². The highest BCUT2D eigenvalue weighted by atomic mass is 32.2. The molecule has 0 aliphatic heterocycles. The molecule has 0 bridgehead atoms. The van der Waals surface area contributed by atoms with Crippen LogP contribution in [0.5, 0.6) is 0 Å². The van der Waals surface area contributed by atoms with Gasteiger partial charge in [-0.3, -0.25) is 0 Å². The van der Waals surface area contributed by atoms with Gasteiger partial charge in [-0.15, -0.1) is 0 Å². The van der Waals surface area contributed by atoms with Gasteiger partial charge in [0.15, 0.2) is 0 Å². The van der Waals surface area contributed by atoms with E-state index in [-0.39, 0.29) is 5.41 Å². The molecule has 0 aliphatic carbocycles. The molecule has 0 heterocycles. The Labute approximate surface area is 72.8 Å². The fourth-order valence-electron chi connectivity index (χ4n) is 0.344. The van der Waals surface area contributed by atoms with Crippen LogP contribution in [0.2, 0.25) is 0 Å². The fourth-order valence-corrected chi connectivity index (χ4v) is 0.817. The third-order valence-corrected chi connectivity index (χ3v) is 1.67. The van der Waals surface area contributed by atoms with Gasteiger partial charge in [0.05, 0.1) is 0 Å². The van der Waals surface area contributed by atoms with Crippen molar-refractivity contribution in [3.8, 4) is 0 Å². The Morgan fingerprint density at radius 2 is 1.31 bits per heavy atom. The molecule has 0 amide bonds. The average molecular weight is 228 g/mol. The molecule has 8 heteroatoms. The summed E-state index contributed by atoms with van der Waals surface area (Å²) >= 11 is -0.972. The minimum Gasteiger partial charge on any atom is -0.188 e. The monoisotopic (exact) mass is 228 g/mol. The lowest BCUT2D eigenvalue weighted by Crippen LogP contribution is -2.49. The largest absolute Gasteiger partial charge is 0.460 e. The molecular weight excluding hydrogens is 225 g/mol. The van der Waals surface area contributed by atoms with Crippen molar-refractivity contribution in [3.05, 3.63) is 12.0 Å². The lowest BCUT2D eigenvalue weighted by molar-refractivity contribution is -0.330. The van der Waals surface area contributed by atoms with Crippen LogP contribution < -0.4 is 0 Å². The van der Waals surface area contributed by atoms with Gasteiger partial charge in [0.25, 0.3) is 0 Å². The summed E-state index contributed by atoms with van der Waals surface area (Å²) in [7, 11) is 0. The van der Waals surface area contributed by atoms with E-state index in [1.807, 2.05) is 0 Å². The Balaban J connectivity index is 4.91. The minimum absolute atomic E-state index is 0.222. The van der Waals surface area contributed by atoms with Gasteiger partial charge < -0.3 is 0 Å². The molecule has 0 atom stereocenters. The summed E-state index contributed by atoms with van der Waals surface area (Å²) in [5.74, 6) is -6.06. The number of rotatable bonds is 3. The Morgan fingerprint density at radius 3 is 1.54 bits per heavy atom. The van der Waals surface area contributed by atoms with Crippen molar-refractivity contribution >= 4 is 11.8 Å². The SMILES string of the molecule is C=CSC(F)(F)C(F)(F)C(F)(F)F. The van der Waals surface area contributed by atoms with Crippen molar-refractivity contribution in [2.24, 2.45) is 0 Å². The highest BCUT2D eigenvalue weighted by Gasteiger charge is 2.73. The topological polar surface area (TPSA) is 0 Å². The van der Waals surface area contributed by atoms with Crippen LogP contribution >= 0.6 is 11.8 Å². The number of thioether (sulfide) groups is 1. The van der Waals surface area contributed by atoms with Gasteiger partial charge in [0, 0.05) is 0 Å². The van der Waals surface area contributed by atoms with E-state index in [1.165, 1.54) is 0 Å². The quantitative estimate of drug-likeness (QED) is 0.664. The Morgan fingerprint density at radius 1 is 0.923 bits per heavy atom. The first-order chi connectivity index (χ1) is 5.56. The van der Waals surface area contributed by atoms with Crippen LogP contribution in [0.25, 0.3) is 0 Å². The van der Waals surface area contributed by atoms with Gasteiger partial charge in [-0.2, -0.15) is 30.7 Å². The Kier molecular flexibility index (Phi) is 3.29. The first kappa shape index (κ1) is 12.6. The highest BCUT2D eigenvalue weighted by Crippen LogP contribution is 2.51. The van der Waals surface area contributed by atoms with E-state index in [0.29, 0.717) is 0 Å². The molecule has 0 unspecified atom stereocenters. The van der Waals surface area contributed by atoms with Crippen molar-refractivity contribution in [2.75, 3.05) is 0 Å². The molecule has 78 valence electrons. The van der Waals surface area contributed by atoms with Crippen LogP contribution in [0.1, 0.15) is 0 Å². The molecule has 0 aromatic rings. The molecule has 0 nitrogen and oxygen atoms in total. The van der Waals surface area contributed by atoms with E-state index in [4.69, 9.17) is 0 Å². The van der Waals surface area contributed by atoms with E-state index < -0.39 is 29.1 Å². The van der Waals surface area contributed by atoms with Crippen LogP contribution in [-0.4, -0.2) is 17.4 Å². The maximum atomic E-state index is 12.1. The predicted molar refractivity (Wildman–Crippen MR) is 33.7 cm³/mol. The maximum absolute atomic E-state index is 12.1. The van der Waals surface area contributed by atoms with E-state index >= 15 is 0 Å². The van der Waals surface area contributed by atoms with Gasteiger partial charge in [-0.25, -0.2) is 0 Å². The zero-order valence-corrected chi connectivity index (χ0v) is 6.65. The van der Waals surface area contributed by atoms with Crippen molar-refractivity contribution in [1.82, 2.24) is 0 Å². The van der Waals surface area contributed by atoms with E-state index in [9.17, 15) is 30.7 Å². The summed E-state index contributed by atoms with van der Waals surface area (Å²) in [4.78, 5) is 0. The normalized spacial score (nSPS) is 14.4. The Hall–Kier alpha value is -0.400. The maximum Gasteiger partial charge on any atom is 0.460 e. The van der Waals surface area contributed by atoms with E-state index in [2.05, 4.69) is 6.58 Å². The summed E-state index contributed by atoms with van der Waals surface area (Å²) in [6.45, 7) is 2.62. The average Bonchev–Trinajstić information content (AvgIpc) is 1.84. The van der Waals surface area contributed by atoms with E-state index in [1.54, 1.807) is 0 Å². The molecule has 0 rings (SSSR count). The van der Waals surface area contributed by atoms with Gasteiger partial charge in [0.1, 0.15) is 0 Å². The van der Waals surface area contributed by atoms with E-state index in [0.717, 1.165) is 0 Å².